The number of halogens is 2. The molecule has 5 rings (SSSR count). The third-order valence-corrected chi connectivity index (χ3v) is 5.53. The second-order valence-corrected chi connectivity index (χ2v) is 7.19. The summed E-state index contributed by atoms with van der Waals surface area (Å²) in [5.74, 6) is 1.80. The Morgan fingerprint density at radius 1 is 0.926 bits per heavy atom. The van der Waals surface area contributed by atoms with Gasteiger partial charge in [-0.05, 0) is 24.3 Å². The predicted octanol–water partition coefficient (Wildman–Crippen LogP) is 3.31. The van der Waals surface area contributed by atoms with E-state index in [-0.39, 0.29) is 0 Å². The standard InChI is InChI=1S/C18H15Cl2N7/c19-12-9-14-15(10-13(12)20)27-11-22-24-18(27)17(23-14)26-7-5-25(6-8-26)16-3-1-2-4-21-16/h1-4,9-11H,5-8H2. The quantitative estimate of drug-likeness (QED) is 0.515. The van der Waals surface area contributed by atoms with Gasteiger partial charge in [0.2, 0.25) is 5.65 Å². The SMILES string of the molecule is Clc1cc2nc(N3CCN(c4ccccn4)CC3)c3nncn3c2cc1Cl. The van der Waals surface area contributed by atoms with E-state index in [4.69, 9.17) is 28.2 Å². The van der Waals surface area contributed by atoms with Crippen LogP contribution < -0.4 is 9.80 Å². The van der Waals surface area contributed by atoms with E-state index in [0.717, 1.165) is 48.8 Å². The summed E-state index contributed by atoms with van der Waals surface area (Å²) >= 11 is 12.4. The highest BCUT2D eigenvalue weighted by molar-refractivity contribution is 6.42. The fourth-order valence-electron chi connectivity index (χ4n) is 3.44. The highest BCUT2D eigenvalue weighted by Crippen LogP contribution is 2.30. The molecule has 7 nitrogen and oxygen atoms in total. The van der Waals surface area contributed by atoms with Crippen LogP contribution >= 0.6 is 23.2 Å². The largest absolute Gasteiger partial charge is 0.353 e. The highest BCUT2D eigenvalue weighted by Gasteiger charge is 2.23. The van der Waals surface area contributed by atoms with E-state index in [0.29, 0.717) is 15.7 Å². The van der Waals surface area contributed by atoms with Crippen LogP contribution in [-0.4, -0.2) is 50.7 Å². The van der Waals surface area contributed by atoms with Crippen LogP contribution in [0.3, 0.4) is 0 Å². The molecule has 1 fully saturated rings. The number of hydrogen-bond donors (Lipinski definition) is 0. The van der Waals surface area contributed by atoms with Gasteiger partial charge in [-0.15, -0.1) is 10.2 Å². The maximum Gasteiger partial charge on any atom is 0.204 e. The fourth-order valence-corrected chi connectivity index (χ4v) is 3.75. The van der Waals surface area contributed by atoms with Crippen molar-refractivity contribution in [2.24, 2.45) is 0 Å². The van der Waals surface area contributed by atoms with E-state index in [1.165, 1.54) is 0 Å². The lowest BCUT2D eigenvalue weighted by Crippen LogP contribution is -2.47. The molecule has 0 spiro atoms. The predicted molar refractivity (Wildman–Crippen MR) is 107 cm³/mol. The van der Waals surface area contributed by atoms with Gasteiger partial charge in [0, 0.05) is 32.4 Å². The highest BCUT2D eigenvalue weighted by atomic mass is 35.5. The first-order chi connectivity index (χ1) is 13.2. The van der Waals surface area contributed by atoms with Crippen molar-refractivity contribution in [1.82, 2.24) is 24.6 Å². The average molecular weight is 400 g/mol. The van der Waals surface area contributed by atoms with E-state index in [1.54, 1.807) is 18.5 Å². The number of pyridine rings is 1. The fraction of sp³-hybridized carbons (Fsp3) is 0.222. The summed E-state index contributed by atoms with van der Waals surface area (Å²) in [7, 11) is 0. The van der Waals surface area contributed by atoms with Gasteiger partial charge in [0.15, 0.2) is 5.82 Å². The third-order valence-electron chi connectivity index (χ3n) is 4.80. The Kier molecular flexibility index (Phi) is 3.98. The first kappa shape index (κ1) is 16.5. The first-order valence-electron chi connectivity index (χ1n) is 8.60. The molecule has 0 atom stereocenters. The Morgan fingerprint density at radius 3 is 2.48 bits per heavy atom. The van der Waals surface area contributed by atoms with E-state index in [1.807, 2.05) is 28.8 Å². The number of nitrogens with zero attached hydrogens (tertiary/aromatic N) is 7. The Hall–Kier alpha value is -2.64. The van der Waals surface area contributed by atoms with Crippen molar-refractivity contribution in [3.8, 4) is 0 Å². The molecular formula is C18H15Cl2N7. The molecular weight excluding hydrogens is 385 g/mol. The lowest BCUT2D eigenvalue weighted by molar-refractivity contribution is 0.643. The summed E-state index contributed by atoms with van der Waals surface area (Å²) in [5.41, 5.74) is 2.31. The maximum atomic E-state index is 6.20. The molecule has 9 heteroatoms. The lowest BCUT2D eigenvalue weighted by Gasteiger charge is -2.36. The molecule has 0 unspecified atom stereocenters. The molecule has 0 radical (unpaired) electrons. The van der Waals surface area contributed by atoms with Crippen molar-refractivity contribution in [3.63, 3.8) is 0 Å². The molecule has 0 N–H and O–H groups in total. The number of benzene rings is 1. The van der Waals surface area contributed by atoms with Gasteiger partial charge in [-0.2, -0.15) is 0 Å². The third kappa shape index (κ3) is 2.83. The minimum atomic E-state index is 0.481. The summed E-state index contributed by atoms with van der Waals surface area (Å²) in [6, 6.07) is 9.55. The van der Waals surface area contributed by atoms with Gasteiger partial charge in [-0.1, -0.05) is 29.3 Å². The van der Waals surface area contributed by atoms with E-state index in [9.17, 15) is 0 Å². The lowest BCUT2D eigenvalue weighted by atomic mass is 10.2. The average Bonchev–Trinajstić information content (AvgIpc) is 3.20. The second-order valence-electron chi connectivity index (χ2n) is 6.38. The van der Waals surface area contributed by atoms with Gasteiger partial charge >= 0.3 is 0 Å². The van der Waals surface area contributed by atoms with E-state index < -0.39 is 0 Å². The molecule has 1 aliphatic heterocycles. The van der Waals surface area contributed by atoms with Crippen LogP contribution in [-0.2, 0) is 0 Å². The second kappa shape index (κ2) is 6.51. The van der Waals surface area contributed by atoms with Crippen molar-refractivity contribution >= 4 is 51.5 Å². The Morgan fingerprint density at radius 2 is 1.70 bits per heavy atom. The topological polar surface area (TPSA) is 62.5 Å². The van der Waals surface area contributed by atoms with E-state index >= 15 is 0 Å². The molecule has 3 aromatic heterocycles. The molecule has 4 aromatic rings. The minimum absolute atomic E-state index is 0.481. The number of piperazine rings is 1. The normalized spacial score (nSPS) is 15.0. The summed E-state index contributed by atoms with van der Waals surface area (Å²) in [4.78, 5) is 13.8. The molecule has 0 aliphatic carbocycles. The molecule has 0 bridgehead atoms. The summed E-state index contributed by atoms with van der Waals surface area (Å²) in [5, 5.41) is 9.32. The molecule has 1 saturated heterocycles. The van der Waals surface area contributed by atoms with Crippen LogP contribution in [0.1, 0.15) is 0 Å². The van der Waals surface area contributed by atoms with Crippen molar-refractivity contribution in [2.75, 3.05) is 36.0 Å². The molecule has 0 saturated carbocycles. The number of fused-ring (bicyclic) bond motifs is 3. The summed E-state index contributed by atoms with van der Waals surface area (Å²) < 4.78 is 1.91. The first-order valence-corrected chi connectivity index (χ1v) is 9.36. The van der Waals surface area contributed by atoms with Gasteiger partial charge in [-0.25, -0.2) is 9.97 Å². The smallest absolute Gasteiger partial charge is 0.204 e. The molecule has 136 valence electrons. The van der Waals surface area contributed by atoms with Crippen molar-refractivity contribution in [2.45, 2.75) is 0 Å². The monoisotopic (exact) mass is 399 g/mol. The Bertz CT molecular complexity index is 1120. The zero-order valence-corrected chi connectivity index (χ0v) is 15.8. The zero-order chi connectivity index (χ0) is 18.4. The zero-order valence-electron chi connectivity index (χ0n) is 14.3. The van der Waals surface area contributed by atoms with Gasteiger partial charge in [0.1, 0.15) is 12.1 Å². The van der Waals surface area contributed by atoms with Crippen LogP contribution in [0.4, 0.5) is 11.6 Å². The van der Waals surface area contributed by atoms with Gasteiger partial charge < -0.3 is 9.80 Å². The number of hydrogen-bond acceptors (Lipinski definition) is 6. The van der Waals surface area contributed by atoms with Crippen LogP contribution in [0.2, 0.25) is 10.0 Å². The van der Waals surface area contributed by atoms with Gasteiger partial charge in [0.25, 0.3) is 0 Å². The van der Waals surface area contributed by atoms with Crippen molar-refractivity contribution < 1.29 is 0 Å². The van der Waals surface area contributed by atoms with Gasteiger partial charge in [0.05, 0.1) is 21.1 Å². The molecule has 4 heterocycles. The van der Waals surface area contributed by atoms with Gasteiger partial charge in [-0.3, -0.25) is 4.40 Å². The minimum Gasteiger partial charge on any atom is -0.353 e. The van der Waals surface area contributed by atoms with Crippen molar-refractivity contribution in [3.05, 3.63) is 52.9 Å². The van der Waals surface area contributed by atoms with Crippen molar-refractivity contribution in [1.29, 1.82) is 0 Å². The van der Waals surface area contributed by atoms with Crippen LogP contribution in [0, 0.1) is 0 Å². The van der Waals surface area contributed by atoms with Crippen LogP contribution in [0.25, 0.3) is 16.7 Å². The Balaban J connectivity index is 1.51. The summed E-state index contributed by atoms with van der Waals surface area (Å²) in [6.45, 7) is 3.36. The molecule has 1 aliphatic rings. The molecule has 0 amide bonds. The van der Waals surface area contributed by atoms with E-state index in [2.05, 4.69) is 25.0 Å². The molecule has 27 heavy (non-hydrogen) atoms. The number of aromatic nitrogens is 5. The molecule has 1 aromatic carbocycles. The van der Waals surface area contributed by atoms with Crippen LogP contribution in [0.15, 0.2) is 42.9 Å². The number of anilines is 2. The Labute approximate surface area is 165 Å². The summed E-state index contributed by atoms with van der Waals surface area (Å²) in [6.07, 6.45) is 3.50. The number of rotatable bonds is 2. The van der Waals surface area contributed by atoms with Crippen LogP contribution in [0.5, 0.6) is 0 Å². The maximum absolute atomic E-state index is 6.20.